The highest BCUT2D eigenvalue weighted by Crippen LogP contribution is 2.62. The molecule has 2 saturated carbocycles. The van der Waals surface area contributed by atoms with Gasteiger partial charge in [-0.3, -0.25) is 4.79 Å². The van der Waals surface area contributed by atoms with Crippen molar-refractivity contribution >= 4 is 11.5 Å². The van der Waals surface area contributed by atoms with E-state index in [1.54, 1.807) is 0 Å². The van der Waals surface area contributed by atoms with E-state index in [9.17, 15) is 4.79 Å². The third-order valence-electron chi connectivity index (χ3n) is 4.40. The Hall–Kier alpha value is -0.860. The molecule has 0 aliphatic heterocycles. The summed E-state index contributed by atoms with van der Waals surface area (Å²) >= 11 is 0. The summed E-state index contributed by atoms with van der Waals surface area (Å²) in [5, 5.41) is 11.9. The summed E-state index contributed by atoms with van der Waals surface area (Å²) in [5.74, 6) is 0.214. The lowest BCUT2D eigenvalue weighted by Crippen LogP contribution is -2.33. The van der Waals surface area contributed by atoms with Gasteiger partial charge in [-0.25, -0.2) is 0 Å². The van der Waals surface area contributed by atoms with Crippen LogP contribution < -0.4 is 0 Å². The lowest BCUT2D eigenvalue weighted by Gasteiger charge is -2.31. The van der Waals surface area contributed by atoms with E-state index in [4.69, 9.17) is 5.21 Å². The third kappa shape index (κ3) is 0.713. The molecule has 2 atom stereocenters. The first-order valence-electron chi connectivity index (χ1n) is 4.72. The number of carbonyl (C=O) groups excluding carboxylic acids is 1. The lowest BCUT2D eigenvalue weighted by molar-refractivity contribution is -0.123. The van der Waals surface area contributed by atoms with E-state index < -0.39 is 0 Å². The zero-order chi connectivity index (χ0) is 9.85. The Bertz CT molecular complexity index is 306. The minimum Gasteiger partial charge on any atom is -0.411 e. The maximum absolute atomic E-state index is 11.8. The van der Waals surface area contributed by atoms with E-state index in [-0.39, 0.29) is 22.5 Å². The van der Waals surface area contributed by atoms with Gasteiger partial charge in [-0.2, -0.15) is 0 Å². The van der Waals surface area contributed by atoms with Crippen LogP contribution in [0.25, 0.3) is 0 Å². The van der Waals surface area contributed by atoms with Gasteiger partial charge in [-0.1, -0.05) is 25.9 Å². The molecule has 2 unspecified atom stereocenters. The first-order chi connectivity index (χ1) is 5.95. The van der Waals surface area contributed by atoms with Crippen molar-refractivity contribution in [2.75, 3.05) is 0 Å². The normalized spacial score (nSPS) is 44.7. The summed E-state index contributed by atoms with van der Waals surface area (Å²) < 4.78 is 0. The average molecular weight is 181 g/mol. The Morgan fingerprint density at radius 1 is 1.46 bits per heavy atom. The predicted molar refractivity (Wildman–Crippen MR) is 48.8 cm³/mol. The molecule has 0 spiro atoms. The first-order valence-corrected chi connectivity index (χ1v) is 4.72. The van der Waals surface area contributed by atoms with Crippen LogP contribution in [0.4, 0.5) is 0 Å². The number of hydrogen-bond donors (Lipinski definition) is 1. The maximum Gasteiger partial charge on any atom is 0.187 e. The molecule has 0 amide bonds. The molecule has 2 bridgehead atoms. The van der Waals surface area contributed by atoms with E-state index in [1.807, 2.05) is 6.92 Å². The lowest BCUT2D eigenvalue weighted by atomic mass is 9.70. The molecule has 2 rings (SSSR count). The van der Waals surface area contributed by atoms with Crippen molar-refractivity contribution in [1.29, 1.82) is 0 Å². The average Bonchev–Trinajstić information content (AvgIpc) is 2.36. The minimum atomic E-state index is -0.292. The van der Waals surface area contributed by atoms with Gasteiger partial charge in [0.25, 0.3) is 0 Å². The quantitative estimate of drug-likeness (QED) is 0.458. The second kappa shape index (κ2) is 2.14. The smallest absolute Gasteiger partial charge is 0.187 e. The Morgan fingerprint density at radius 3 is 2.38 bits per heavy atom. The Morgan fingerprint density at radius 2 is 2.08 bits per heavy atom. The highest BCUT2D eigenvalue weighted by atomic mass is 16.4. The van der Waals surface area contributed by atoms with Crippen molar-refractivity contribution in [2.45, 2.75) is 33.6 Å². The van der Waals surface area contributed by atoms with Crippen LogP contribution in [0.5, 0.6) is 0 Å². The van der Waals surface area contributed by atoms with Crippen LogP contribution in [-0.2, 0) is 4.79 Å². The van der Waals surface area contributed by atoms with Gasteiger partial charge in [0.05, 0.1) is 0 Å². The zero-order valence-electron chi connectivity index (χ0n) is 8.29. The summed E-state index contributed by atoms with van der Waals surface area (Å²) in [6, 6.07) is 0. The predicted octanol–water partition coefficient (Wildman–Crippen LogP) is 1.84. The van der Waals surface area contributed by atoms with Crippen molar-refractivity contribution in [3.63, 3.8) is 0 Å². The van der Waals surface area contributed by atoms with Crippen LogP contribution >= 0.6 is 0 Å². The molecule has 0 radical (unpaired) electrons. The molecule has 0 aromatic carbocycles. The number of oxime groups is 1. The number of ketones is 1. The second-order valence-corrected chi connectivity index (χ2v) is 4.96. The molecule has 3 nitrogen and oxygen atoms in total. The Balaban J connectivity index is 2.57. The molecule has 1 N–H and O–H groups in total. The third-order valence-corrected chi connectivity index (χ3v) is 4.40. The summed E-state index contributed by atoms with van der Waals surface area (Å²) in [6.07, 6.45) is 1.91. The van der Waals surface area contributed by atoms with Crippen molar-refractivity contribution in [3.8, 4) is 0 Å². The van der Waals surface area contributed by atoms with Crippen molar-refractivity contribution in [2.24, 2.45) is 21.9 Å². The van der Waals surface area contributed by atoms with Gasteiger partial charge in [0.15, 0.2) is 5.78 Å². The van der Waals surface area contributed by atoms with E-state index in [0.29, 0.717) is 5.71 Å². The molecule has 0 aromatic heterocycles. The molecule has 72 valence electrons. The molecule has 13 heavy (non-hydrogen) atoms. The standard InChI is InChI=1S/C10H15NO2/c1-9(2)6-4-5-10(9,3)8(12)7(6)11-13/h6,13H,4-5H2,1-3H3/b11-7+. The SMILES string of the molecule is CC12CCC(/C(=N\O)C1=O)C2(C)C. The molecular formula is C10H15NO2. The molecule has 2 aliphatic rings. The summed E-state index contributed by atoms with van der Waals surface area (Å²) in [6.45, 7) is 6.19. The zero-order valence-corrected chi connectivity index (χ0v) is 8.29. The van der Waals surface area contributed by atoms with Crippen molar-refractivity contribution in [1.82, 2.24) is 0 Å². The Labute approximate surface area is 77.8 Å². The molecule has 0 aromatic rings. The summed E-state index contributed by atoms with van der Waals surface area (Å²) in [5.41, 5.74) is 0.0731. The minimum absolute atomic E-state index is 0.0361. The summed E-state index contributed by atoms with van der Waals surface area (Å²) in [4.78, 5) is 11.8. The van der Waals surface area contributed by atoms with E-state index in [0.717, 1.165) is 12.8 Å². The van der Waals surface area contributed by atoms with Crippen LogP contribution in [0.15, 0.2) is 5.16 Å². The number of rotatable bonds is 0. The molecular weight excluding hydrogens is 166 g/mol. The first kappa shape index (κ1) is 8.73. The number of fused-ring (bicyclic) bond motifs is 2. The maximum atomic E-state index is 11.8. The molecule has 3 heteroatoms. The summed E-state index contributed by atoms with van der Waals surface area (Å²) in [7, 11) is 0. The fourth-order valence-electron chi connectivity index (χ4n) is 2.94. The van der Waals surface area contributed by atoms with Crippen LogP contribution in [0.1, 0.15) is 33.6 Å². The monoisotopic (exact) mass is 181 g/mol. The molecule has 0 saturated heterocycles. The van der Waals surface area contributed by atoms with E-state index >= 15 is 0 Å². The van der Waals surface area contributed by atoms with Gasteiger partial charge >= 0.3 is 0 Å². The van der Waals surface area contributed by atoms with Gasteiger partial charge in [0.1, 0.15) is 5.71 Å². The van der Waals surface area contributed by atoms with Crippen molar-refractivity contribution < 1.29 is 10.0 Å². The van der Waals surface area contributed by atoms with Crippen LogP contribution in [-0.4, -0.2) is 16.7 Å². The largest absolute Gasteiger partial charge is 0.411 e. The van der Waals surface area contributed by atoms with Gasteiger partial charge in [-0.05, 0) is 18.3 Å². The topological polar surface area (TPSA) is 49.7 Å². The van der Waals surface area contributed by atoms with Crippen LogP contribution in [0.2, 0.25) is 0 Å². The van der Waals surface area contributed by atoms with E-state index in [1.165, 1.54) is 0 Å². The second-order valence-electron chi connectivity index (χ2n) is 4.96. The number of carbonyl (C=O) groups is 1. The van der Waals surface area contributed by atoms with Gasteiger partial charge < -0.3 is 5.21 Å². The fraction of sp³-hybridized carbons (Fsp3) is 0.800. The fourth-order valence-corrected chi connectivity index (χ4v) is 2.94. The number of Topliss-reactive ketones (excluding diaryl/α,β-unsaturated/α-hetero) is 1. The van der Waals surface area contributed by atoms with Crippen molar-refractivity contribution in [3.05, 3.63) is 0 Å². The van der Waals surface area contributed by atoms with E-state index in [2.05, 4.69) is 19.0 Å². The van der Waals surface area contributed by atoms with Crippen LogP contribution in [0, 0.1) is 16.7 Å². The highest BCUT2D eigenvalue weighted by molar-refractivity contribution is 6.45. The Kier molecular flexibility index (Phi) is 1.44. The van der Waals surface area contributed by atoms with Crippen LogP contribution in [0.3, 0.4) is 0 Å². The number of hydrogen-bond acceptors (Lipinski definition) is 3. The molecule has 0 heterocycles. The van der Waals surface area contributed by atoms with Gasteiger partial charge in [-0.15, -0.1) is 0 Å². The highest BCUT2D eigenvalue weighted by Gasteiger charge is 2.65. The van der Waals surface area contributed by atoms with Gasteiger partial charge in [0, 0.05) is 11.3 Å². The molecule has 2 fully saturated rings. The molecule has 2 aliphatic carbocycles. The van der Waals surface area contributed by atoms with Gasteiger partial charge in [0.2, 0.25) is 0 Å². The number of nitrogens with zero attached hydrogens (tertiary/aromatic N) is 1.